The highest BCUT2D eigenvalue weighted by atomic mass is 16.3. The molecule has 0 unspecified atom stereocenters. The second-order valence-electron chi connectivity index (χ2n) is 5.73. The first-order valence-corrected chi connectivity index (χ1v) is 7.90. The number of nitrogens with one attached hydrogen (secondary N) is 2. The third-order valence-electron chi connectivity index (χ3n) is 4.10. The lowest BCUT2D eigenvalue weighted by atomic mass is 10.0. The summed E-state index contributed by atoms with van der Waals surface area (Å²) in [6.45, 7) is 0.347. The van der Waals surface area contributed by atoms with Gasteiger partial charge in [0.25, 0.3) is 5.91 Å². The maximum Gasteiger partial charge on any atom is 0.257 e. The largest absolute Gasteiger partial charge is 0.438 e. The molecule has 2 heterocycles. The van der Waals surface area contributed by atoms with Gasteiger partial charge in [0.05, 0.1) is 0 Å². The number of amides is 1. The van der Waals surface area contributed by atoms with Gasteiger partial charge in [-0.05, 0) is 34.5 Å². The SMILES string of the molecule is N=c1oc2ccc3ccccc3c2cc1C(=O)NCc1cccnc1. The van der Waals surface area contributed by atoms with E-state index in [1.165, 1.54) is 0 Å². The Morgan fingerprint density at radius 1 is 1.08 bits per heavy atom. The molecule has 25 heavy (non-hydrogen) atoms. The van der Waals surface area contributed by atoms with Crippen LogP contribution in [0.3, 0.4) is 0 Å². The van der Waals surface area contributed by atoms with Crippen molar-refractivity contribution in [3.05, 3.63) is 83.7 Å². The predicted octanol–water partition coefficient (Wildman–Crippen LogP) is 3.39. The Morgan fingerprint density at radius 3 is 2.80 bits per heavy atom. The average Bonchev–Trinajstić information content (AvgIpc) is 2.66. The van der Waals surface area contributed by atoms with Crippen molar-refractivity contribution in [2.75, 3.05) is 0 Å². The molecule has 1 amide bonds. The normalized spacial score (nSPS) is 10.9. The van der Waals surface area contributed by atoms with Gasteiger partial charge in [-0.15, -0.1) is 0 Å². The predicted molar refractivity (Wildman–Crippen MR) is 95.0 cm³/mol. The molecular formula is C20H15N3O2. The number of nitrogens with zero attached hydrogens (tertiary/aromatic N) is 1. The van der Waals surface area contributed by atoms with Crippen LogP contribution in [0, 0.1) is 5.41 Å². The second-order valence-corrected chi connectivity index (χ2v) is 5.73. The summed E-state index contributed by atoms with van der Waals surface area (Å²) in [5.74, 6) is -0.340. The summed E-state index contributed by atoms with van der Waals surface area (Å²) >= 11 is 0. The van der Waals surface area contributed by atoms with Crippen LogP contribution < -0.4 is 10.9 Å². The molecule has 0 atom stereocenters. The van der Waals surface area contributed by atoms with E-state index in [1.807, 2.05) is 48.5 Å². The highest BCUT2D eigenvalue weighted by molar-refractivity contribution is 6.07. The number of hydrogen-bond donors (Lipinski definition) is 2. The number of rotatable bonds is 3. The number of pyridine rings is 1. The van der Waals surface area contributed by atoms with Crippen LogP contribution in [0.15, 0.2) is 71.4 Å². The molecule has 0 aliphatic carbocycles. The first-order valence-electron chi connectivity index (χ1n) is 7.90. The minimum absolute atomic E-state index is 0.147. The van der Waals surface area contributed by atoms with E-state index in [2.05, 4.69) is 10.3 Å². The van der Waals surface area contributed by atoms with Gasteiger partial charge >= 0.3 is 0 Å². The Hall–Kier alpha value is -3.47. The molecule has 2 aromatic carbocycles. The van der Waals surface area contributed by atoms with Crippen molar-refractivity contribution in [1.82, 2.24) is 10.3 Å². The van der Waals surface area contributed by atoms with Crippen molar-refractivity contribution in [1.29, 1.82) is 5.41 Å². The zero-order valence-electron chi connectivity index (χ0n) is 13.3. The monoisotopic (exact) mass is 329 g/mol. The van der Waals surface area contributed by atoms with Crippen molar-refractivity contribution in [3.63, 3.8) is 0 Å². The Morgan fingerprint density at radius 2 is 1.96 bits per heavy atom. The standard InChI is InChI=1S/C20H15N3O2/c21-19-17(20(24)23-12-13-4-3-9-22-11-13)10-16-15-6-2-1-5-14(15)7-8-18(16)25-19/h1-11,21H,12H2,(H,23,24). The quantitative estimate of drug-likeness (QED) is 0.565. The summed E-state index contributed by atoms with van der Waals surface area (Å²) < 4.78 is 5.57. The molecule has 0 saturated carbocycles. The molecular weight excluding hydrogens is 314 g/mol. The highest BCUT2D eigenvalue weighted by Crippen LogP contribution is 2.24. The zero-order chi connectivity index (χ0) is 17.2. The average molecular weight is 329 g/mol. The number of benzene rings is 2. The van der Waals surface area contributed by atoms with Crippen molar-refractivity contribution >= 4 is 27.6 Å². The van der Waals surface area contributed by atoms with Crippen LogP contribution in [0.5, 0.6) is 0 Å². The lowest BCUT2D eigenvalue weighted by Gasteiger charge is -2.08. The Kier molecular flexibility index (Phi) is 3.74. The molecule has 5 heteroatoms. The third kappa shape index (κ3) is 2.87. The maximum atomic E-state index is 12.5. The van der Waals surface area contributed by atoms with E-state index in [0.717, 1.165) is 21.7 Å². The molecule has 0 aliphatic rings. The van der Waals surface area contributed by atoms with E-state index < -0.39 is 0 Å². The van der Waals surface area contributed by atoms with Crippen molar-refractivity contribution in [3.8, 4) is 0 Å². The number of hydrogen-bond acceptors (Lipinski definition) is 4. The summed E-state index contributed by atoms with van der Waals surface area (Å²) in [4.78, 5) is 16.5. The van der Waals surface area contributed by atoms with Gasteiger partial charge in [0.1, 0.15) is 11.1 Å². The molecule has 2 N–H and O–H groups in total. The van der Waals surface area contributed by atoms with Crippen LogP contribution in [-0.2, 0) is 6.54 Å². The van der Waals surface area contributed by atoms with Gasteiger partial charge < -0.3 is 9.73 Å². The number of aromatic nitrogens is 1. The number of carbonyl (C=O) groups excluding carboxylic acids is 1. The van der Waals surface area contributed by atoms with Crippen LogP contribution in [-0.4, -0.2) is 10.9 Å². The van der Waals surface area contributed by atoms with Crippen molar-refractivity contribution < 1.29 is 9.21 Å². The summed E-state index contributed by atoms with van der Waals surface area (Å²) in [5.41, 5.74) is 1.55. The van der Waals surface area contributed by atoms with Crippen LogP contribution in [0.4, 0.5) is 0 Å². The molecule has 4 rings (SSSR count). The lowest BCUT2D eigenvalue weighted by molar-refractivity contribution is 0.0946. The molecule has 122 valence electrons. The molecule has 0 saturated heterocycles. The number of fused-ring (bicyclic) bond motifs is 3. The van der Waals surface area contributed by atoms with Gasteiger partial charge in [0.2, 0.25) is 5.55 Å². The van der Waals surface area contributed by atoms with Gasteiger partial charge in [0, 0.05) is 24.3 Å². The second kappa shape index (κ2) is 6.20. The Labute approximate surface area is 143 Å². The van der Waals surface area contributed by atoms with Crippen LogP contribution >= 0.6 is 0 Å². The molecule has 0 bridgehead atoms. The smallest absolute Gasteiger partial charge is 0.257 e. The van der Waals surface area contributed by atoms with Gasteiger partial charge in [-0.3, -0.25) is 15.2 Å². The van der Waals surface area contributed by atoms with E-state index in [0.29, 0.717) is 12.1 Å². The van der Waals surface area contributed by atoms with Gasteiger partial charge in [-0.25, -0.2) is 0 Å². The molecule has 2 aromatic heterocycles. The fourth-order valence-corrected chi connectivity index (χ4v) is 2.84. The van der Waals surface area contributed by atoms with Crippen LogP contribution in [0.2, 0.25) is 0 Å². The number of carbonyl (C=O) groups is 1. The molecule has 4 aromatic rings. The van der Waals surface area contributed by atoms with Gasteiger partial charge in [0.15, 0.2) is 0 Å². The zero-order valence-corrected chi connectivity index (χ0v) is 13.3. The third-order valence-corrected chi connectivity index (χ3v) is 4.10. The Bertz CT molecular complexity index is 1130. The first kappa shape index (κ1) is 15.1. The van der Waals surface area contributed by atoms with Gasteiger partial charge in [-0.2, -0.15) is 0 Å². The Balaban J connectivity index is 1.73. The van der Waals surface area contributed by atoms with Crippen LogP contribution in [0.25, 0.3) is 21.7 Å². The molecule has 0 radical (unpaired) electrons. The van der Waals surface area contributed by atoms with E-state index in [-0.39, 0.29) is 17.0 Å². The minimum Gasteiger partial charge on any atom is -0.438 e. The summed E-state index contributed by atoms with van der Waals surface area (Å²) in [6.07, 6.45) is 3.38. The van der Waals surface area contributed by atoms with E-state index in [1.54, 1.807) is 18.5 Å². The minimum atomic E-state index is -0.340. The molecule has 0 spiro atoms. The molecule has 0 aliphatic heterocycles. The fraction of sp³-hybridized carbons (Fsp3) is 0.0500. The van der Waals surface area contributed by atoms with E-state index in [4.69, 9.17) is 9.83 Å². The topological polar surface area (TPSA) is 79.0 Å². The summed E-state index contributed by atoms with van der Waals surface area (Å²) in [7, 11) is 0. The lowest BCUT2D eigenvalue weighted by Crippen LogP contribution is -2.27. The molecule has 5 nitrogen and oxygen atoms in total. The van der Waals surface area contributed by atoms with Gasteiger partial charge in [-0.1, -0.05) is 36.4 Å². The first-order chi connectivity index (χ1) is 12.2. The maximum absolute atomic E-state index is 12.5. The fourth-order valence-electron chi connectivity index (χ4n) is 2.84. The summed E-state index contributed by atoms with van der Waals surface area (Å²) in [5, 5.41) is 13.7. The highest BCUT2D eigenvalue weighted by Gasteiger charge is 2.13. The van der Waals surface area contributed by atoms with Crippen molar-refractivity contribution in [2.24, 2.45) is 0 Å². The summed E-state index contributed by atoms with van der Waals surface area (Å²) in [6, 6.07) is 17.1. The van der Waals surface area contributed by atoms with Crippen LogP contribution in [0.1, 0.15) is 15.9 Å². The molecule has 0 fully saturated rings. The van der Waals surface area contributed by atoms with E-state index >= 15 is 0 Å². The van der Waals surface area contributed by atoms with Crippen molar-refractivity contribution in [2.45, 2.75) is 6.54 Å². The van der Waals surface area contributed by atoms with E-state index in [9.17, 15) is 4.79 Å².